The number of alkyl halides is 1. The third kappa shape index (κ3) is 7.50. The van der Waals surface area contributed by atoms with Gasteiger partial charge in [-0.25, -0.2) is 9.07 Å². The largest absolute Gasteiger partial charge is 0.378 e. The molecule has 1 aromatic heterocycles. The Morgan fingerprint density at radius 2 is 1.87 bits per heavy atom. The number of aromatic nitrogens is 3. The van der Waals surface area contributed by atoms with Gasteiger partial charge in [-0.15, -0.1) is 5.10 Å². The molecule has 1 heterocycles. The highest BCUT2D eigenvalue weighted by molar-refractivity contribution is 5.79. The van der Waals surface area contributed by atoms with Gasteiger partial charge in [0.25, 0.3) is 0 Å². The molecule has 0 aliphatic rings. The van der Waals surface area contributed by atoms with Crippen molar-refractivity contribution in [2.45, 2.75) is 12.8 Å². The second kappa shape index (κ2) is 12.4. The van der Waals surface area contributed by atoms with Crippen LogP contribution in [0.1, 0.15) is 12.8 Å². The van der Waals surface area contributed by atoms with Crippen LogP contribution in [0.5, 0.6) is 0 Å². The molecule has 2 aromatic rings. The fraction of sp³-hybridized carbons (Fsp3) is 0.280. The predicted octanol–water partition coefficient (Wildman–Crippen LogP) is 4.91. The zero-order valence-corrected chi connectivity index (χ0v) is 18.7. The van der Waals surface area contributed by atoms with Gasteiger partial charge in [-0.1, -0.05) is 54.3 Å². The van der Waals surface area contributed by atoms with E-state index in [2.05, 4.69) is 34.9 Å². The second-order valence-corrected chi connectivity index (χ2v) is 7.37. The van der Waals surface area contributed by atoms with Gasteiger partial charge in [0.15, 0.2) is 0 Å². The van der Waals surface area contributed by atoms with E-state index in [1.54, 1.807) is 6.08 Å². The number of fused-ring (bicyclic) bond motifs is 1. The molecule has 0 saturated carbocycles. The second-order valence-electron chi connectivity index (χ2n) is 7.37. The molecular weight excluding hydrogens is 389 g/mol. The summed E-state index contributed by atoms with van der Waals surface area (Å²) in [6, 6.07) is 7.85. The molecule has 5 nitrogen and oxygen atoms in total. The van der Waals surface area contributed by atoms with E-state index in [0.29, 0.717) is 6.54 Å². The van der Waals surface area contributed by atoms with Crippen LogP contribution in [0, 0.1) is 0 Å². The summed E-state index contributed by atoms with van der Waals surface area (Å²) in [5, 5.41) is 11.6. The fourth-order valence-corrected chi connectivity index (χ4v) is 2.85. The van der Waals surface area contributed by atoms with Crippen molar-refractivity contribution in [2.75, 3.05) is 34.4 Å². The first-order chi connectivity index (χ1) is 15.0. The Kier molecular flexibility index (Phi) is 9.65. The summed E-state index contributed by atoms with van der Waals surface area (Å²) in [4.78, 5) is 1.95. The number of likely N-dealkylation sites (N-methyl/N-ethyl adjacent to an activating group) is 2. The number of hydrogen-bond acceptors (Lipinski definition) is 4. The highest BCUT2D eigenvalue weighted by atomic mass is 19.1. The van der Waals surface area contributed by atoms with Gasteiger partial charge in [-0.3, -0.25) is 0 Å². The summed E-state index contributed by atoms with van der Waals surface area (Å²) in [5.74, 6) is 0. The number of allylic oxidation sites excluding steroid dienone is 7. The Hall–Kier alpha value is -3.25. The summed E-state index contributed by atoms with van der Waals surface area (Å²) in [6.07, 6.45) is 13.0. The lowest BCUT2D eigenvalue weighted by Gasteiger charge is -2.13. The first kappa shape index (κ1) is 24.0. The van der Waals surface area contributed by atoms with E-state index in [9.17, 15) is 4.39 Å². The summed E-state index contributed by atoms with van der Waals surface area (Å²) in [7, 11) is 5.75. The third-order valence-electron chi connectivity index (χ3n) is 4.64. The van der Waals surface area contributed by atoms with Crippen LogP contribution in [0.2, 0.25) is 0 Å². The van der Waals surface area contributed by atoms with E-state index < -0.39 is 6.67 Å². The maximum atomic E-state index is 12.6. The fourth-order valence-electron chi connectivity index (χ4n) is 2.85. The van der Waals surface area contributed by atoms with Crippen molar-refractivity contribution in [2.24, 2.45) is 0 Å². The molecule has 2 rings (SSSR count). The van der Waals surface area contributed by atoms with Crippen LogP contribution in [-0.2, 0) is 0 Å². The lowest BCUT2D eigenvalue weighted by Crippen LogP contribution is -2.09. The van der Waals surface area contributed by atoms with Crippen LogP contribution < -0.4 is 5.32 Å². The molecule has 0 bridgehead atoms. The van der Waals surface area contributed by atoms with Gasteiger partial charge in [0.2, 0.25) is 0 Å². The van der Waals surface area contributed by atoms with Gasteiger partial charge in [0.1, 0.15) is 12.2 Å². The molecule has 1 aromatic carbocycles. The molecule has 164 valence electrons. The van der Waals surface area contributed by atoms with Gasteiger partial charge >= 0.3 is 0 Å². The van der Waals surface area contributed by atoms with Gasteiger partial charge in [0.05, 0.1) is 11.2 Å². The van der Waals surface area contributed by atoms with Crippen molar-refractivity contribution >= 4 is 16.7 Å². The van der Waals surface area contributed by atoms with Crippen LogP contribution in [0.3, 0.4) is 0 Å². The normalized spacial score (nSPS) is 12.9. The first-order valence-corrected chi connectivity index (χ1v) is 10.2. The van der Waals surface area contributed by atoms with E-state index in [4.69, 9.17) is 0 Å². The molecule has 0 atom stereocenters. The molecule has 0 aliphatic heterocycles. The number of halogens is 1. The molecular formula is C25H32FN5. The minimum absolute atomic E-state index is 0.463. The van der Waals surface area contributed by atoms with Gasteiger partial charge in [0, 0.05) is 26.3 Å². The van der Waals surface area contributed by atoms with Crippen molar-refractivity contribution in [1.82, 2.24) is 25.2 Å². The Bertz CT molecular complexity index is 1010. The topological polar surface area (TPSA) is 46.0 Å². The Labute approximate surface area is 184 Å². The van der Waals surface area contributed by atoms with Crippen molar-refractivity contribution < 1.29 is 4.39 Å². The Morgan fingerprint density at radius 3 is 2.55 bits per heavy atom. The summed E-state index contributed by atoms with van der Waals surface area (Å²) < 4.78 is 14.4. The third-order valence-corrected chi connectivity index (χ3v) is 4.64. The van der Waals surface area contributed by atoms with Crippen LogP contribution in [0.15, 0.2) is 90.7 Å². The molecule has 6 heteroatoms. The maximum Gasteiger partial charge on any atom is 0.113 e. The molecule has 0 spiro atoms. The minimum atomic E-state index is -0.463. The number of nitrogens with zero attached hydrogens (tertiary/aromatic N) is 4. The summed E-state index contributed by atoms with van der Waals surface area (Å²) in [6.45, 7) is 8.43. The number of benzene rings is 1. The highest BCUT2D eigenvalue weighted by Gasteiger charge is 2.07. The van der Waals surface area contributed by atoms with E-state index in [1.807, 2.05) is 79.3 Å². The van der Waals surface area contributed by atoms with E-state index in [-0.39, 0.29) is 0 Å². The summed E-state index contributed by atoms with van der Waals surface area (Å²) in [5.41, 5.74) is 5.49. The molecule has 0 fully saturated rings. The Morgan fingerprint density at radius 1 is 1.16 bits per heavy atom. The molecule has 1 N–H and O–H groups in total. The Balaban J connectivity index is 2.12. The molecule has 31 heavy (non-hydrogen) atoms. The lowest BCUT2D eigenvalue weighted by atomic mass is 10.1. The molecule has 0 amide bonds. The SMILES string of the molecule is C=C(C/C=C\C(=C/CF)CNC)C/C=C\C(=C/C(=C)N(C)C)n1nnc2ccccc21. The zero-order valence-electron chi connectivity index (χ0n) is 18.7. The maximum absolute atomic E-state index is 12.6. The van der Waals surface area contributed by atoms with Crippen LogP contribution in [-0.4, -0.2) is 54.3 Å². The molecule has 0 saturated heterocycles. The monoisotopic (exact) mass is 421 g/mol. The predicted molar refractivity (Wildman–Crippen MR) is 129 cm³/mol. The number of hydrogen-bond donors (Lipinski definition) is 1. The summed E-state index contributed by atoms with van der Waals surface area (Å²) >= 11 is 0. The first-order valence-electron chi connectivity index (χ1n) is 10.2. The van der Waals surface area contributed by atoms with Crippen LogP contribution in [0.4, 0.5) is 4.39 Å². The number of para-hydroxylation sites is 1. The van der Waals surface area contributed by atoms with E-state index >= 15 is 0 Å². The quantitative estimate of drug-likeness (QED) is 0.391. The van der Waals surface area contributed by atoms with Crippen molar-refractivity contribution in [1.29, 1.82) is 0 Å². The molecule has 0 radical (unpaired) electrons. The van der Waals surface area contributed by atoms with E-state index in [0.717, 1.165) is 46.4 Å². The standard InChI is InChI=1S/C25H32FN5/c1-20(10-8-12-22(16-17-26)19-27-3)11-9-13-23(18-21(2)30(4)5)31-25-15-7-6-14-24(25)28-29-31/h6-9,12-16,18,27H,1-2,10-11,17,19H2,3-5H3/b12-8-,13-9-,22-16+,23-18+. The molecule has 0 unspecified atom stereocenters. The van der Waals surface area contributed by atoms with Crippen LogP contribution in [0.25, 0.3) is 16.7 Å². The smallest absolute Gasteiger partial charge is 0.113 e. The van der Waals surface area contributed by atoms with Gasteiger partial charge < -0.3 is 10.2 Å². The van der Waals surface area contributed by atoms with Crippen molar-refractivity contribution in [3.8, 4) is 0 Å². The van der Waals surface area contributed by atoms with Gasteiger partial charge in [-0.05, 0) is 55.8 Å². The number of nitrogens with one attached hydrogen (secondary N) is 1. The lowest BCUT2D eigenvalue weighted by molar-refractivity contribution is 0.532. The van der Waals surface area contributed by atoms with Gasteiger partial charge in [-0.2, -0.15) is 0 Å². The highest BCUT2D eigenvalue weighted by Crippen LogP contribution is 2.18. The zero-order chi connectivity index (χ0) is 22.6. The average molecular weight is 422 g/mol. The van der Waals surface area contributed by atoms with Crippen molar-refractivity contribution in [3.63, 3.8) is 0 Å². The minimum Gasteiger partial charge on any atom is -0.378 e. The molecule has 0 aliphatic carbocycles. The number of rotatable bonds is 12. The average Bonchev–Trinajstić information content (AvgIpc) is 3.17. The van der Waals surface area contributed by atoms with E-state index in [1.165, 1.54) is 0 Å². The van der Waals surface area contributed by atoms with Crippen LogP contribution >= 0.6 is 0 Å². The van der Waals surface area contributed by atoms with Crippen molar-refractivity contribution in [3.05, 3.63) is 90.7 Å².